The van der Waals surface area contributed by atoms with E-state index in [4.69, 9.17) is 37.4 Å². The molecule has 12 heteroatoms. The van der Waals surface area contributed by atoms with Crippen LogP contribution in [-0.2, 0) is 33.4 Å². The maximum atomic E-state index is 13.1. The fourth-order valence-electron chi connectivity index (χ4n) is 3.01. The predicted molar refractivity (Wildman–Crippen MR) is 114 cm³/mol. The molecule has 1 atom stereocenters. The van der Waals surface area contributed by atoms with Gasteiger partial charge >= 0.3 is 17.9 Å². The van der Waals surface area contributed by atoms with Gasteiger partial charge in [0, 0.05) is 17.6 Å². The minimum Gasteiger partial charge on any atom is -0.466 e. The van der Waals surface area contributed by atoms with Gasteiger partial charge in [-0.05, 0) is 26.8 Å². The molecule has 0 aliphatic carbocycles. The summed E-state index contributed by atoms with van der Waals surface area (Å²) in [4.78, 5) is 54.2. The van der Waals surface area contributed by atoms with Crippen molar-refractivity contribution in [3.63, 3.8) is 0 Å². The maximum Gasteiger partial charge on any atom is 0.336 e. The number of rotatable bonds is 6. The van der Waals surface area contributed by atoms with Crippen molar-refractivity contribution in [2.45, 2.75) is 26.9 Å². The summed E-state index contributed by atoms with van der Waals surface area (Å²) in [5.41, 5.74) is 0.299. The molecule has 1 aliphatic rings. The molecule has 2 N–H and O–H groups in total. The van der Waals surface area contributed by atoms with Crippen LogP contribution in [0.1, 0.15) is 20.8 Å². The number of nitrogens with zero attached hydrogens (tertiary/aromatic N) is 1. The second-order valence-corrected chi connectivity index (χ2v) is 7.51. The van der Waals surface area contributed by atoms with Gasteiger partial charge in [-0.25, -0.2) is 14.6 Å². The number of nitrogens with one attached hydrogen (secondary N) is 2. The third-order valence-electron chi connectivity index (χ3n) is 4.52. The van der Waals surface area contributed by atoms with Crippen LogP contribution in [0.5, 0.6) is 0 Å². The lowest BCUT2D eigenvalue weighted by Gasteiger charge is -2.29. The maximum absolute atomic E-state index is 13.1. The Morgan fingerprint density at radius 3 is 2.06 bits per heavy atom. The summed E-state index contributed by atoms with van der Waals surface area (Å²) in [6.45, 7) is 4.38. The van der Waals surface area contributed by atoms with E-state index in [1.165, 1.54) is 33.0 Å². The Labute approximate surface area is 193 Å². The molecule has 32 heavy (non-hydrogen) atoms. The second-order valence-electron chi connectivity index (χ2n) is 6.67. The number of ether oxygens (including phenoxy) is 3. The van der Waals surface area contributed by atoms with E-state index in [1.807, 2.05) is 0 Å². The molecule has 0 spiro atoms. The number of hydrogen-bond donors (Lipinski definition) is 2. The van der Waals surface area contributed by atoms with E-state index in [1.54, 1.807) is 0 Å². The Hall–Kier alpha value is -3.11. The molecule has 0 bridgehead atoms. The van der Waals surface area contributed by atoms with E-state index in [9.17, 15) is 19.2 Å². The van der Waals surface area contributed by atoms with E-state index < -0.39 is 35.8 Å². The quantitative estimate of drug-likeness (QED) is 0.459. The first-order valence-electron chi connectivity index (χ1n) is 9.19. The fraction of sp³-hybridized carbons (Fsp3) is 0.350. The summed E-state index contributed by atoms with van der Waals surface area (Å²) in [6.07, 6.45) is -0.0504. The molecule has 172 valence electrons. The number of esters is 3. The predicted octanol–water partition coefficient (Wildman–Crippen LogP) is 2.37. The number of carbonyl (C=O) groups is 4. The second kappa shape index (κ2) is 10.5. The fourth-order valence-corrected chi connectivity index (χ4v) is 3.44. The zero-order valence-corrected chi connectivity index (χ0v) is 19.4. The molecule has 0 aromatic carbocycles. The average molecular weight is 486 g/mol. The molecular weight excluding hydrogens is 465 g/mol. The van der Waals surface area contributed by atoms with Gasteiger partial charge in [0.2, 0.25) is 0 Å². The minimum absolute atomic E-state index is 0.0165. The van der Waals surface area contributed by atoms with Crippen molar-refractivity contribution in [2.75, 3.05) is 19.5 Å². The summed E-state index contributed by atoms with van der Waals surface area (Å²) in [5, 5.41) is 5.62. The zero-order chi connectivity index (χ0) is 24.2. The van der Waals surface area contributed by atoms with Gasteiger partial charge in [-0.15, -0.1) is 0 Å². The van der Waals surface area contributed by atoms with Crippen molar-refractivity contribution in [1.29, 1.82) is 0 Å². The SMILES string of the molecule is COC(=O)C1=C(C)NC(C)=C(C(=O)OC)C1C(=O)O[C@@H](C)C(=O)Nc1ncc(Cl)cc1Cl. The average Bonchev–Trinajstić information content (AvgIpc) is 2.73. The van der Waals surface area contributed by atoms with Gasteiger partial charge in [0.25, 0.3) is 5.91 Å². The number of amides is 1. The molecule has 1 aliphatic heterocycles. The van der Waals surface area contributed by atoms with Crippen LogP contribution in [0.4, 0.5) is 5.82 Å². The topological polar surface area (TPSA) is 133 Å². The minimum atomic E-state index is -1.47. The summed E-state index contributed by atoms with van der Waals surface area (Å²) in [7, 11) is 2.26. The number of anilines is 1. The summed E-state index contributed by atoms with van der Waals surface area (Å²) < 4.78 is 14.8. The molecule has 1 aromatic rings. The Balaban J connectivity index is 2.31. The van der Waals surface area contributed by atoms with Crippen LogP contribution >= 0.6 is 23.2 Å². The molecule has 10 nitrogen and oxygen atoms in total. The lowest BCUT2D eigenvalue weighted by atomic mass is 9.85. The Morgan fingerprint density at radius 1 is 1.06 bits per heavy atom. The van der Waals surface area contributed by atoms with Gasteiger partial charge in [0.15, 0.2) is 11.9 Å². The summed E-state index contributed by atoms with van der Waals surface area (Å²) in [6, 6.07) is 1.38. The lowest BCUT2D eigenvalue weighted by Crippen LogP contribution is -2.40. The monoisotopic (exact) mass is 485 g/mol. The third-order valence-corrected chi connectivity index (χ3v) is 5.01. The van der Waals surface area contributed by atoms with Gasteiger partial charge in [-0.3, -0.25) is 9.59 Å². The van der Waals surface area contributed by atoms with Crippen LogP contribution < -0.4 is 10.6 Å². The molecule has 1 amide bonds. The first-order valence-corrected chi connectivity index (χ1v) is 9.94. The van der Waals surface area contributed by atoms with Crippen molar-refractivity contribution < 1.29 is 33.4 Å². The van der Waals surface area contributed by atoms with Gasteiger partial charge in [-0.1, -0.05) is 23.2 Å². The number of hydrogen-bond acceptors (Lipinski definition) is 9. The Morgan fingerprint density at radius 2 is 1.59 bits per heavy atom. The molecule has 0 saturated carbocycles. The number of pyridine rings is 1. The van der Waals surface area contributed by atoms with Crippen molar-refractivity contribution in [1.82, 2.24) is 10.3 Å². The van der Waals surface area contributed by atoms with Crippen LogP contribution in [-0.4, -0.2) is 49.1 Å². The Bertz CT molecular complexity index is 998. The first-order chi connectivity index (χ1) is 15.0. The normalized spacial score (nSPS) is 15.0. The molecule has 0 fully saturated rings. The lowest BCUT2D eigenvalue weighted by molar-refractivity contribution is -0.157. The van der Waals surface area contributed by atoms with Gasteiger partial charge in [0.05, 0.1) is 35.4 Å². The molecule has 2 rings (SSSR count). The largest absolute Gasteiger partial charge is 0.466 e. The van der Waals surface area contributed by atoms with E-state index in [0.717, 1.165) is 14.2 Å². The van der Waals surface area contributed by atoms with E-state index >= 15 is 0 Å². The number of aromatic nitrogens is 1. The van der Waals surface area contributed by atoms with Gasteiger partial charge < -0.3 is 24.8 Å². The Kier molecular flexibility index (Phi) is 8.23. The van der Waals surface area contributed by atoms with Crippen LogP contribution in [0.2, 0.25) is 10.0 Å². The number of carbonyl (C=O) groups excluding carboxylic acids is 4. The zero-order valence-electron chi connectivity index (χ0n) is 17.9. The van der Waals surface area contributed by atoms with Crippen LogP contribution in [0, 0.1) is 5.92 Å². The van der Waals surface area contributed by atoms with E-state index in [-0.39, 0.29) is 27.0 Å². The molecule has 0 unspecified atom stereocenters. The first kappa shape index (κ1) is 25.2. The molecule has 2 heterocycles. The summed E-state index contributed by atoms with van der Waals surface area (Å²) >= 11 is 11.8. The number of methoxy groups -OCH3 is 2. The van der Waals surface area contributed by atoms with Crippen molar-refractivity contribution in [3.05, 3.63) is 44.8 Å². The standard InChI is InChI=1S/C20H21Cl2N3O7/c1-8-13(18(27)30-4)15(14(9(2)24-8)19(28)31-5)20(29)32-10(3)17(26)25-16-12(22)6-11(21)7-23-16/h6-7,10,15,24H,1-5H3,(H,23,25,26)/t10-/m0/s1. The smallest absolute Gasteiger partial charge is 0.336 e. The van der Waals surface area contributed by atoms with Gasteiger partial charge in [-0.2, -0.15) is 0 Å². The van der Waals surface area contributed by atoms with Crippen LogP contribution in [0.3, 0.4) is 0 Å². The highest BCUT2D eigenvalue weighted by Gasteiger charge is 2.43. The van der Waals surface area contributed by atoms with Gasteiger partial charge in [0.1, 0.15) is 5.92 Å². The van der Waals surface area contributed by atoms with Crippen molar-refractivity contribution in [3.8, 4) is 0 Å². The highest BCUT2D eigenvalue weighted by atomic mass is 35.5. The van der Waals surface area contributed by atoms with Crippen molar-refractivity contribution >= 4 is 52.8 Å². The number of allylic oxidation sites excluding steroid dienone is 2. The number of halogens is 2. The van der Waals surface area contributed by atoms with E-state index in [2.05, 4.69) is 15.6 Å². The molecule has 0 saturated heterocycles. The molecule has 0 radical (unpaired) electrons. The summed E-state index contributed by atoms with van der Waals surface area (Å²) in [5.74, 6) is -4.92. The number of dihydropyridines is 1. The highest BCUT2D eigenvalue weighted by Crippen LogP contribution is 2.32. The van der Waals surface area contributed by atoms with Crippen molar-refractivity contribution in [2.24, 2.45) is 5.92 Å². The van der Waals surface area contributed by atoms with E-state index in [0.29, 0.717) is 11.4 Å². The third kappa shape index (κ3) is 5.38. The molecule has 1 aromatic heterocycles. The van der Waals surface area contributed by atoms with Crippen LogP contribution in [0.15, 0.2) is 34.8 Å². The molecular formula is C20H21Cl2N3O7. The highest BCUT2D eigenvalue weighted by molar-refractivity contribution is 6.36. The van der Waals surface area contributed by atoms with Crippen LogP contribution in [0.25, 0.3) is 0 Å².